The molecule has 0 amide bonds. The first-order valence-corrected chi connectivity index (χ1v) is 15.0. The fourth-order valence-corrected chi connectivity index (χ4v) is 7.03. The van der Waals surface area contributed by atoms with Gasteiger partial charge in [0.05, 0.1) is 11.4 Å². The van der Waals surface area contributed by atoms with Gasteiger partial charge in [-0.2, -0.15) is 0 Å². The first-order chi connectivity index (χ1) is 21.4. The molecule has 0 unspecified atom stereocenters. The standard InChI is InChI=1S/C41H31N3/c1-41(2)36-14-7-6-13-34(36)35-25-32(19-21-37(35)41)44(30-10-4-3-5-11-30)31-12-8-9-27(24-31)28-17-20-33-29(23-28)16-15-26-18-22-38(42)40(43)39(26)33/h3-25,42-43H,1-2H3. The zero-order chi connectivity index (χ0) is 30.0. The molecule has 0 saturated carbocycles. The van der Waals surface area contributed by atoms with Crippen molar-refractivity contribution in [2.24, 2.45) is 0 Å². The lowest BCUT2D eigenvalue weighted by atomic mass is 9.82. The minimum Gasteiger partial charge on any atom is -0.310 e. The van der Waals surface area contributed by atoms with Crippen molar-refractivity contribution in [3.05, 3.63) is 156 Å². The molecule has 0 heterocycles. The van der Waals surface area contributed by atoms with Crippen molar-refractivity contribution < 1.29 is 0 Å². The summed E-state index contributed by atoms with van der Waals surface area (Å²) < 4.78 is 0. The number of fused-ring (bicyclic) bond motifs is 6. The normalized spacial score (nSPS) is 14.3. The van der Waals surface area contributed by atoms with Gasteiger partial charge in [-0.25, -0.2) is 0 Å². The van der Waals surface area contributed by atoms with E-state index in [0.29, 0.717) is 0 Å². The van der Waals surface area contributed by atoms with Gasteiger partial charge in [-0.15, -0.1) is 0 Å². The highest BCUT2D eigenvalue weighted by Gasteiger charge is 2.35. The minimum absolute atomic E-state index is 0.0354. The Bertz CT molecular complexity index is 2190. The first-order valence-electron chi connectivity index (χ1n) is 15.0. The molecule has 0 bridgehead atoms. The molecule has 0 saturated heterocycles. The van der Waals surface area contributed by atoms with Crippen LogP contribution in [0.1, 0.15) is 36.1 Å². The summed E-state index contributed by atoms with van der Waals surface area (Å²) in [5, 5.41) is 18.8. The Balaban J connectivity index is 1.25. The predicted molar refractivity (Wildman–Crippen MR) is 185 cm³/mol. The SMILES string of the molecule is CC1(C)c2ccccc2-c2cc(N(c3ccccc3)c3cccc(-c4ccc5c6c(ccc5c4)C=CC(=N)C6=N)c3)ccc21. The third-order valence-corrected chi connectivity index (χ3v) is 9.28. The Hall–Kier alpha value is -5.54. The number of nitrogens with zero attached hydrogens (tertiary/aromatic N) is 1. The van der Waals surface area contributed by atoms with E-state index in [-0.39, 0.29) is 16.8 Å². The number of rotatable bonds is 4. The summed E-state index contributed by atoms with van der Waals surface area (Å²) >= 11 is 0. The highest BCUT2D eigenvalue weighted by atomic mass is 15.1. The second-order valence-electron chi connectivity index (χ2n) is 12.2. The van der Waals surface area contributed by atoms with Gasteiger partial charge in [0.2, 0.25) is 0 Å². The van der Waals surface area contributed by atoms with Gasteiger partial charge in [0.1, 0.15) is 0 Å². The topological polar surface area (TPSA) is 50.9 Å². The van der Waals surface area contributed by atoms with Crippen molar-refractivity contribution in [2.75, 3.05) is 4.90 Å². The Morgan fingerprint density at radius 1 is 0.545 bits per heavy atom. The molecule has 8 rings (SSSR count). The van der Waals surface area contributed by atoms with Crippen molar-refractivity contribution >= 4 is 45.3 Å². The van der Waals surface area contributed by atoms with Crippen molar-refractivity contribution in [3.63, 3.8) is 0 Å². The van der Waals surface area contributed by atoms with Crippen molar-refractivity contribution in [1.82, 2.24) is 0 Å². The molecule has 2 aliphatic rings. The van der Waals surface area contributed by atoms with E-state index < -0.39 is 0 Å². The number of para-hydroxylation sites is 1. The minimum atomic E-state index is -0.0354. The highest BCUT2D eigenvalue weighted by Crippen LogP contribution is 2.50. The van der Waals surface area contributed by atoms with Gasteiger partial charge >= 0.3 is 0 Å². The fraction of sp³-hybridized carbons (Fsp3) is 0.0732. The van der Waals surface area contributed by atoms with Gasteiger partial charge in [0.15, 0.2) is 0 Å². The van der Waals surface area contributed by atoms with Crippen LogP contribution in [-0.2, 0) is 5.41 Å². The van der Waals surface area contributed by atoms with E-state index in [1.807, 2.05) is 6.08 Å². The first kappa shape index (κ1) is 26.1. The molecule has 2 N–H and O–H groups in total. The van der Waals surface area contributed by atoms with Crippen LogP contribution in [0, 0.1) is 10.8 Å². The largest absolute Gasteiger partial charge is 0.310 e. The smallest absolute Gasteiger partial charge is 0.0873 e. The molecule has 3 heteroatoms. The van der Waals surface area contributed by atoms with Crippen molar-refractivity contribution in [3.8, 4) is 22.3 Å². The van der Waals surface area contributed by atoms with Crippen LogP contribution < -0.4 is 4.90 Å². The number of hydrogen-bond acceptors (Lipinski definition) is 3. The molecular formula is C41H31N3. The maximum Gasteiger partial charge on any atom is 0.0873 e. The van der Waals surface area contributed by atoms with Crippen LogP contribution in [0.15, 0.2) is 133 Å². The van der Waals surface area contributed by atoms with Gasteiger partial charge in [-0.1, -0.05) is 105 Å². The number of hydrogen-bond donors (Lipinski definition) is 2. The van der Waals surface area contributed by atoms with Gasteiger partial charge in [0, 0.05) is 28.0 Å². The van der Waals surface area contributed by atoms with Crippen LogP contribution in [-0.4, -0.2) is 11.4 Å². The lowest BCUT2D eigenvalue weighted by Gasteiger charge is -2.27. The van der Waals surface area contributed by atoms with Crippen molar-refractivity contribution in [2.45, 2.75) is 19.3 Å². The predicted octanol–water partition coefficient (Wildman–Crippen LogP) is 10.7. The van der Waals surface area contributed by atoms with Gasteiger partial charge in [-0.05, 0) is 98.3 Å². The van der Waals surface area contributed by atoms with Gasteiger partial charge < -0.3 is 4.90 Å². The average molecular weight is 566 g/mol. The summed E-state index contributed by atoms with van der Waals surface area (Å²) in [6.07, 6.45) is 3.64. The summed E-state index contributed by atoms with van der Waals surface area (Å²) in [5.41, 5.74) is 13.2. The second-order valence-corrected chi connectivity index (χ2v) is 12.2. The molecule has 3 nitrogen and oxygen atoms in total. The lowest BCUT2D eigenvalue weighted by Crippen LogP contribution is -2.16. The van der Waals surface area contributed by atoms with Crippen LogP contribution in [0.5, 0.6) is 0 Å². The van der Waals surface area contributed by atoms with Crippen molar-refractivity contribution in [1.29, 1.82) is 10.8 Å². The molecular weight excluding hydrogens is 534 g/mol. The van der Waals surface area contributed by atoms with Crippen LogP contribution >= 0.6 is 0 Å². The summed E-state index contributed by atoms with van der Waals surface area (Å²) in [5.74, 6) is 0. The molecule has 0 aliphatic heterocycles. The quantitative estimate of drug-likeness (QED) is 0.219. The maximum atomic E-state index is 8.54. The second kappa shape index (κ2) is 9.75. The van der Waals surface area contributed by atoms with Crippen LogP contribution in [0.3, 0.4) is 0 Å². The summed E-state index contributed by atoms with van der Waals surface area (Å²) in [7, 11) is 0. The Labute approximate surface area is 257 Å². The van der Waals surface area contributed by atoms with E-state index in [0.717, 1.165) is 50.1 Å². The Kier molecular flexibility index (Phi) is 5.79. The maximum absolute atomic E-state index is 8.54. The summed E-state index contributed by atoms with van der Waals surface area (Å²) in [6.45, 7) is 4.64. The zero-order valence-corrected chi connectivity index (χ0v) is 24.7. The zero-order valence-electron chi connectivity index (χ0n) is 24.7. The fourth-order valence-electron chi connectivity index (χ4n) is 7.03. The lowest BCUT2D eigenvalue weighted by molar-refractivity contribution is 0.660. The molecule has 0 spiro atoms. The molecule has 6 aromatic carbocycles. The van der Waals surface area contributed by atoms with E-state index in [9.17, 15) is 0 Å². The molecule has 0 fully saturated rings. The van der Waals surface area contributed by atoms with Crippen LogP contribution in [0.2, 0.25) is 0 Å². The molecule has 0 aromatic heterocycles. The summed E-state index contributed by atoms with van der Waals surface area (Å²) in [4.78, 5) is 2.34. The van der Waals surface area contributed by atoms with E-state index in [4.69, 9.17) is 10.8 Å². The third-order valence-electron chi connectivity index (χ3n) is 9.28. The molecule has 44 heavy (non-hydrogen) atoms. The number of benzene rings is 6. The molecule has 0 atom stereocenters. The molecule has 210 valence electrons. The van der Waals surface area contributed by atoms with E-state index in [1.165, 1.54) is 22.3 Å². The monoisotopic (exact) mass is 565 g/mol. The highest BCUT2D eigenvalue weighted by molar-refractivity contribution is 6.53. The van der Waals surface area contributed by atoms with Crippen LogP contribution in [0.25, 0.3) is 39.1 Å². The van der Waals surface area contributed by atoms with E-state index in [1.54, 1.807) is 6.08 Å². The molecule has 0 radical (unpaired) electrons. The number of anilines is 3. The number of allylic oxidation sites excluding steroid dienone is 1. The molecule has 6 aromatic rings. The van der Waals surface area contributed by atoms with Gasteiger partial charge in [-0.3, -0.25) is 10.8 Å². The third kappa shape index (κ3) is 3.97. The van der Waals surface area contributed by atoms with Crippen LogP contribution in [0.4, 0.5) is 17.1 Å². The summed E-state index contributed by atoms with van der Waals surface area (Å²) in [6, 6.07) is 45.6. The number of nitrogens with one attached hydrogen (secondary N) is 2. The van der Waals surface area contributed by atoms with Gasteiger partial charge in [0.25, 0.3) is 0 Å². The Morgan fingerprint density at radius 2 is 1.27 bits per heavy atom. The Morgan fingerprint density at radius 3 is 2.14 bits per heavy atom. The van der Waals surface area contributed by atoms with E-state index >= 15 is 0 Å². The van der Waals surface area contributed by atoms with E-state index in [2.05, 4.69) is 146 Å². The molecule has 2 aliphatic carbocycles. The average Bonchev–Trinajstić information content (AvgIpc) is 3.29.